The largest absolute Gasteiger partial charge is 0.489 e. The van der Waals surface area contributed by atoms with Gasteiger partial charge >= 0.3 is 5.97 Å². The van der Waals surface area contributed by atoms with Crippen LogP contribution in [-0.4, -0.2) is 31.0 Å². The van der Waals surface area contributed by atoms with Crippen LogP contribution in [0.3, 0.4) is 0 Å². The summed E-state index contributed by atoms with van der Waals surface area (Å²) in [6.07, 6.45) is -0.957. The standard InChI is InChI=1S/C10H14N2O4/c1-15-10(14)7-3-2-4-8(5-7)16-6-9(13)12-11/h2-5,9,12-13H,6,11H2,1H3. The second kappa shape index (κ2) is 6.06. The maximum absolute atomic E-state index is 11.2. The van der Waals surface area contributed by atoms with Crippen LogP contribution in [0.25, 0.3) is 0 Å². The third-order valence-corrected chi connectivity index (χ3v) is 1.86. The summed E-state index contributed by atoms with van der Waals surface area (Å²) in [6.45, 7) is -0.0128. The van der Waals surface area contributed by atoms with E-state index in [9.17, 15) is 4.79 Å². The molecule has 1 aromatic carbocycles. The van der Waals surface area contributed by atoms with Crippen LogP contribution >= 0.6 is 0 Å². The normalized spacial score (nSPS) is 11.9. The monoisotopic (exact) mass is 226 g/mol. The second-order valence-electron chi connectivity index (χ2n) is 3.01. The molecule has 1 unspecified atom stereocenters. The van der Waals surface area contributed by atoms with Crippen LogP contribution in [0, 0.1) is 0 Å². The van der Waals surface area contributed by atoms with Gasteiger partial charge in [0.05, 0.1) is 12.7 Å². The van der Waals surface area contributed by atoms with Crippen molar-refractivity contribution in [3.8, 4) is 5.75 Å². The van der Waals surface area contributed by atoms with Crippen molar-refractivity contribution in [2.75, 3.05) is 13.7 Å². The number of hydrogen-bond acceptors (Lipinski definition) is 6. The Labute approximate surface area is 92.9 Å². The lowest BCUT2D eigenvalue weighted by atomic mass is 10.2. The Balaban J connectivity index is 2.64. The first-order valence-corrected chi connectivity index (χ1v) is 4.62. The number of carbonyl (C=O) groups excluding carboxylic acids is 1. The fourth-order valence-electron chi connectivity index (χ4n) is 1.05. The zero-order valence-electron chi connectivity index (χ0n) is 8.84. The van der Waals surface area contributed by atoms with Crippen LogP contribution in [-0.2, 0) is 4.74 Å². The number of ether oxygens (including phenoxy) is 2. The Morgan fingerprint density at radius 1 is 1.62 bits per heavy atom. The highest BCUT2D eigenvalue weighted by atomic mass is 16.5. The van der Waals surface area contributed by atoms with Gasteiger partial charge in [0.15, 0.2) is 6.23 Å². The van der Waals surface area contributed by atoms with Crippen molar-refractivity contribution in [2.45, 2.75) is 6.23 Å². The van der Waals surface area contributed by atoms with E-state index in [0.29, 0.717) is 11.3 Å². The number of methoxy groups -OCH3 is 1. The number of benzene rings is 1. The summed E-state index contributed by atoms with van der Waals surface area (Å²) in [5.41, 5.74) is 2.51. The minimum absolute atomic E-state index is 0.0128. The Morgan fingerprint density at radius 2 is 2.38 bits per heavy atom. The number of hydrogen-bond donors (Lipinski definition) is 3. The number of carbonyl (C=O) groups is 1. The van der Waals surface area contributed by atoms with Crippen LogP contribution in [0.1, 0.15) is 10.4 Å². The molecule has 1 atom stereocenters. The highest BCUT2D eigenvalue weighted by Crippen LogP contribution is 2.14. The summed E-state index contributed by atoms with van der Waals surface area (Å²) in [5, 5.41) is 9.09. The van der Waals surface area contributed by atoms with E-state index < -0.39 is 12.2 Å². The third-order valence-electron chi connectivity index (χ3n) is 1.86. The molecule has 0 fully saturated rings. The van der Waals surface area contributed by atoms with Crippen molar-refractivity contribution in [3.05, 3.63) is 29.8 Å². The Hall–Kier alpha value is -1.63. The third kappa shape index (κ3) is 3.50. The van der Waals surface area contributed by atoms with Gasteiger partial charge in [0.2, 0.25) is 0 Å². The van der Waals surface area contributed by atoms with Crippen molar-refractivity contribution in [2.24, 2.45) is 5.84 Å². The van der Waals surface area contributed by atoms with Crippen molar-refractivity contribution in [3.63, 3.8) is 0 Å². The first-order valence-electron chi connectivity index (χ1n) is 4.62. The van der Waals surface area contributed by atoms with Crippen LogP contribution < -0.4 is 16.0 Å². The van der Waals surface area contributed by atoms with Crippen LogP contribution in [0.15, 0.2) is 24.3 Å². The molecule has 0 bridgehead atoms. The molecule has 0 aliphatic rings. The fourth-order valence-corrected chi connectivity index (χ4v) is 1.05. The van der Waals surface area contributed by atoms with E-state index >= 15 is 0 Å². The maximum Gasteiger partial charge on any atom is 0.337 e. The second-order valence-corrected chi connectivity index (χ2v) is 3.01. The van der Waals surface area contributed by atoms with Gasteiger partial charge in [0.1, 0.15) is 12.4 Å². The molecule has 0 radical (unpaired) electrons. The van der Waals surface area contributed by atoms with E-state index in [-0.39, 0.29) is 6.61 Å². The first kappa shape index (κ1) is 12.4. The summed E-state index contributed by atoms with van der Waals surface area (Å²) in [7, 11) is 1.30. The summed E-state index contributed by atoms with van der Waals surface area (Å²) >= 11 is 0. The molecule has 0 saturated carbocycles. The predicted octanol–water partition coefficient (Wildman–Crippen LogP) is -0.366. The van der Waals surface area contributed by atoms with Gasteiger partial charge in [-0.05, 0) is 18.2 Å². The number of rotatable bonds is 5. The molecule has 0 saturated heterocycles. The summed E-state index contributed by atoms with van der Waals surface area (Å²) in [6, 6.07) is 6.45. The van der Waals surface area contributed by atoms with E-state index in [2.05, 4.69) is 10.2 Å². The maximum atomic E-state index is 11.2. The lowest BCUT2D eigenvalue weighted by Crippen LogP contribution is -2.39. The fraction of sp³-hybridized carbons (Fsp3) is 0.300. The molecular weight excluding hydrogens is 212 g/mol. The van der Waals surface area contributed by atoms with E-state index in [1.54, 1.807) is 18.2 Å². The van der Waals surface area contributed by atoms with Gasteiger partial charge in [-0.1, -0.05) is 6.07 Å². The SMILES string of the molecule is COC(=O)c1cccc(OCC(O)NN)c1. The summed E-state index contributed by atoms with van der Waals surface area (Å²) in [5.74, 6) is 5.00. The summed E-state index contributed by atoms with van der Waals surface area (Å²) in [4.78, 5) is 11.2. The Morgan fingerprint density at radius 3 is 3.00 bits per heavy atom. The number of esters is 1. The number of aliphatic hydroxyl groups excluding tert-OH is 1. The molecule has 0 spiro atoms. The van der Waals surface area contributed by atoms with E-state index in [4.69, 9.17) is 15.7 Å². The van der Waals surface area contributed by atoms with Crippen molar-refractivity contribution < 1.29 is 19.4 Å². The van der Waals surface area contributed by atoms with Crippen molar-refractivity contribution in [1.82, 2.24) is 5.43 Å². The van der Waals surface area contributed by atoms with Gasteiger partial charge in [-0.2, -0.15) is 0 Å². The zero-order valence-corrected chi connectivity index (χ0v) is 8.84. The number of hydrazine groups is 1. The highest BCUT2D eigenvalue weighted by Gasteiger charge is 2.07. The molecule has 0 amide bonds. The Kier molecular flexibility index (Phi) is 4.71. The molecule has 16 heavy (non-hydrogen) atoms. The van der Waals surface area contributed by atoms with Gasteiger partial charge in [-0.3, -0.25) is 5.84 Å². The van der Waals surface area contributed by atoms with Crippen LogP contribution in [0.5, 0.6) is 5.75 Å². The first-order chi connectivity index (χ1) is 7.67. The Bertz CT molecular complexity index is 356. The average molecular weight is 226 g/mol. The summed E-state index contributed by atoms with van der Waals surface area (Å²) < 4.78 is 9.76. The molecule has 88 valence electrons. The average Bonchev–Trinajstić information content (AvgIpc) is 2.35. The lowest BCUT2D eigenvalue weighted by molar-refractivity contribution is 0.0599. The van der Waals surface area contributed by atoms with E-state index in [0.717, 1.165) is 0 Å². The molecule has 0 heterocycles. The van der Waals surface area contributed by atoms with Crippen molar-refractivity contribution >= 4 is 5.97 Å². The van der Waals surface area contributed by atoms with Crippen LogP contribution in [0.4, 0.5) is 0 Å². The van der Waals surface area contributed by atoms with Gasteiger partial charge in [-0.25, -0.2) is 10.2 Å². The topological polar surface area (TPSA) is 93.8 Å². The minimum atomic E-state index is -0.957. The molecule has 0 aliphatic heterocycles. The number of nitrogens with one attached hydrogen (secondary N) is 1. The van der Waals surface area contributed by atoms with Crippen LogP contribution in [0.2, 0.25) is 0 Å². The molecule has 0 aromatic heterocycles. The molecule has 0 aliphatic carbocycles. The zero-order chi connectivity index (χ0) is 12.0. The molecule has 6 nitrogen and oxygen atoms in total. The van der Waals surface area contributed by atoms with E-state index in [1.165, 1.54) is 13.2 Å². The van der Waals surface area contributed by atoms with E-state index in [1.807, 2.05) is 0 Å². The van der Waals surface area contributed by atoms with Gasteiger partial charge in [-0.15, -0.1) is 0 Å². The minimum Gasteiger partial charge on any atom is -0.489 e. The quantitative estimate of drug-likeness (QED) is 0.274. The molecule has 4 N–H and O–H groups in total. The molecule has 1 aromatic rings. The lowest BCUT2D eigenvalue weighted by Gasteiger charge is -2.11. The molecular formula is C10H14N2O4. The number of nitrogens with two attached hydrogens (primary N) is 1. The molecule has 1 rings (SSSR count). The van der Waals surface area contributed by atoms with Gasteiger partial charge in [0, 0.05) is 0 Å². The van der Waals surface area contributed by atoms with Crippen molar-refractivity contribution in [1.29, 1.82) is 0 Å². The number of aliphatic hydroxyl groups is 1. The van der Waals surface area contributed by atoms with Gasteiger partial charge < -0.3 is 14.6 Å². The highest BCUT2D eigenvalue weighted by molar-refractivity contribution is 5.89. The molecule has 6 heteroatoms. The predicted molar refractivity (Wildman–Crippen MR) is 56.6 cm³/mol. The smallest absolute Gasteiger partial charge is 0.337 e. The van der Waals surface area contributed by atoms with Gasteiger partial charge in [0.25, 0.3) is 0 Å².